The van der Waals surface area contributed by atoms with Gasteiger partial charge in [-0.3, -0.25) is 29.4 Å². The number of pyridine rings is 1. The SMILES string of the molecule is CC[C@@H]1[C@H](F)C(=O)N[C@@H]1COc1ncc(C#CC2CCN(Cc3ccccc3NC3CCC(=O)NC3=O)CC2)c2cc(C(N)=O)c(OC)cc12. The zero-order valence-corrected chi connectivity index (χ0v) is 28.1. The maximum atomic E-state index is 14.4. The molecule has 5 N–H and O–H groups in total. The molecule has 0 radical (unpaired) electrons. The number of piperidine rings is 2. The van der Waals surface area contributed by atoms with Gasteiger partial charge in [0.1, 0.15) is 18.4 Å². The molecule has 4 heterocycles. The number of primary amides is 1. The van der Waals surface area contributed by atoms with E-state index >= 15 is 0 Å². The third kappa shape index (κ3) is 7.50. The molecule has 3 aliphatic heterocycles. The summed E-state index contributed by atoms with van der Waals surface area (Å²) in [6.07, 6.45) is 2.95. The van der Waals surface area contributed by atoms with E-state index < -0.39 is 36.0 Å². The number of methoxy groups -OCH3 is 1. The van der Waals surface area contributed by atoms with Crippen molar-refractivity contribution in [1.29, 1.82) is 0 Å². The van der Waals surface area contributed by atoms with Crippen molar-refractivity contribution in [2.45, 2.75) is 63.8 Å². The lowest BCUT2D eigenvalue weighted by molar-refractivity contribution is -0.133. The van der Waals surface area contributed by atoms with E-state index in [4.69, 9.17) is 15.2 Å². The van der Waals surface area contributed by atoms with Gasteiger partial charge < -0.3 is 25.8 Å². The van der Waals surface area contributed by atoms with Crippen LogP contribution in [0.15, 0.2) is 42.6 Å². The van der Waals surface area contributed by atoms with Crippen LogP contribution >= 0.6 is 0 Å². The number of rotatable bonds is 10. The molecule has 13 heteroatoms. The minimum atomic E-state index is -1.58. The average Bonchev–Trinajstić information content (AvgIpc) is 3.39. The van der Waals surface area contributed by atoms with Crippen LogP contribution in [0.25, 0.3) is 10.8 Å². The molecular weight excluding hydrogens is 643 g/mol. The van der Waals surface area contributed by atoms with E-state index in [1.54, 1.807) is 18.3 Å². The lowest BCUT2D eigenvalue weighted by Crippen LogP contribution is -2.47. The Hall–Kier alpha value is -5.22. The number of likely N-dealkylation sites (tertiary alicyclic amines) is 1. The molecule has 3 aromatic rings. The van der Waals surface area contributed by atoms with Gasteiger partial charge in [0.2, 0.25) is 17.7 Å². The number of nitrogens with one attached hydrogen (secondary N) is 3. The highest BCUT2D eigenvalue weighted by Gasteiger charge is 2.42. The summed E-state index contributed by atoms with van der Waals surface area (Å²) in [5.74, 6) is 4.97. The van der Waals surface area contributed by atoms with Crippen molar-refractivity contribution in [3.63, 3.8) is 0 Å². The number of imide groups is 1. The van der Waals surface area contributed by atoms with Gasteiger partial charge in [-0.25, -0.2) is 9.37 Å². The predicted molar refractivity (Wildman–Crippen MR) is 184 cm³/mol. The topological polar surface area (TPSA) is 165 Å². The maximum absolute atomic E-state index is 14.4. The largest absolute Gasteiger partial charge is 0.496 e. The fourth-order valence-electron chi connectivity index (χ4n) is 6.89. The van der Waals surface area contributed by atoms with E-state index in [1.165, 1.54) is 7.11 Å². The number of carbonyl (C=O) groups excluding carboxylic acids is 4. The molecule has 0 aliphatic carbocycles. The first kappa shape index (κ1) is 34.6. The zero-order valence-electron chi connectivity index (χ0n) is 28.1. The number of aromatic nitrogens is 1. The van der Waals surface area contributed by atoms with Crippen LogP contribution in [-0.4, -0.2) is 78.6 Å². The molecule has 0 bridgehead atoms. The lowest BCUT2D eigenvalue weighted by Gasteiger charge is -2.31. The normalized spacial score (nSPS) is 22.7. The van der Waals surface area contributed by atoms with Crippen LogP contribution in [0.1, 0.15) is 60.5 Å². The molecule has 4 amide bonds. The molecule has 3 saturated heterocycles. The van der Waals surface area contributed by atoms with Crippen molar-refractivity contribution in [3.8, 4) is 23.5 Å². The van der Waals surface area contributed by atoms with Crippen LogP contribution in [0.5, 0.6) is 11.6 Å². The molecule has 262 valence electrons. The summed E-state index contributed by atoms with van der Waals surface area (Å²) in [7, 11) is 1.44. The minimum Gasteiger partial charge on any atom is -0.496 e. The number of hydrogen-bond acceptors (Lipinski definition) is 9. The molecule has 2 aromatic carbocycles. The molecule has 4 atom stereocenters. The summed E-state index contributed by atoms with van der Waals surface area (Å²) in [6.45, 7) is 4.22. The Balaban J connectivity index is 1.15. The number of carbonyl (C=O) groups is 4. The molecule has 0 spiro atoms. The summed E-state index contributed by atoms with van der Waals surface area (Å²) >= 11 is 0. The Labute approximate surface area is 289 Å². The Morgan fingerprint density at radius 2 is 1.90 bits per heavy atom. The second kappa shape index (κ2) is 15.1. The van der Waals surface area contributed by atoms with Gasteiger partial charge in [0, 0.05) is 47.5 Å². The number of alkyl halides is 1. The van der Waals surface area contributed by atoms with Crippen molar-refractivity contribution in [3.05, 3.63) is 59.3 Å². The van der Waals surface area contributed by atoms with E-state index in [-0.39, 0.29) is 41.5 Å². The molecule has 1 unspecified atom stereocenters. The molecule has 12 nitrogen and oxygen atoms in total. The average molecular weight is 685 g/mol. The first-order valence-corrected chi connectivity index (χ1v) is 16.9. The number of benzene rings is 2. The zero-order chi connectivity index (χ0) is 35.4. The number of para-hydroxylation sites is 1. The number of amides is 4. The minimum absolute atomic E-state index is 0.0215. The fourth-order valence-corrected chi connectivity index (χ4v) is 6.89. The predicted octanol–water partition coefficient (Wildman–Crippen LogP) is 3.06. The summed E-state index contributed by atoms with van der Waals surface area (Å²) in [4.78, 5) is 55.0. The van der Waals surface area contributed by atoms with Gasteiger partial charge in [-0.05, 0) is 62.5 Å². The number of nitrogens with zero attached hydrogens (tertiary/aromatic N) is 2. The van der Waals surface area contributed by atoms with Gasteiger partial charge in [0.15, 0.2) is 6.17 Å². The Kier molecular flexibility index (Phi) is 10.5. The van der Waals surface area contributed by atoms with Gasteiger partial charge in [-0.2, -0.15) is 0 Å². The van der Waals surface area contributed by atoms with Crippen LogP contribution in [0.4, 0.5) is 10.1 Å². The molecule has 0 saturated carbocycles. The van der Waals surface area contributed by atoms with Crippen molar-refractivity contribution >= 4 is 40.1 Å². The number of fused-ring (bicyclic) bond motifs is 1. The van der Waals surface area contributed by atoms with Gasteiger partial charge in [0.05, 0.1) is 24.3 Å². The second-order valence-electron chi connectivity index (χ2n) is 13.0. The summed E-state index contributed by atoms with van der Waals surface area (Å²) in [5, 5.41) is 9.56. The number of nitrogens with two attached hydrogens (primary N) is 1. The van der Waals surface area contributed by atoms with E-state index in [0.717, 1.165) is 37.2 Å². The highest BCUT2D eigenvalue weighted by molar-refractivity contribution is 6.03. The Bertz CT molecular complexity index is 1870. The first-order valence-electron chi connectivity index (χ1n) is 16.9. The molecule has 50 heavy (non-hydrogen) atoms. The van der Waals surface area contributed by atoms with Crippen molar-refractivity contribution in [1.82, 2.24) is 20.5 Å². The summed E-state index contributed by atoms with van der Waals surface area (Å²) in [5.41, 5.74) is 8.42. The van der Waals surface area contributed by atoms with E-state index in [9.17, 15) is 23.6 Å². The maximum Gasteiger partial charge on any atom is 0.255 e. The van der Waals surface area contributed by atoms with E-state index in [2.05, 4.69) is 37.7 Å². The number of ether oxygens (including phenoxy) is 2. The molecule has 3 aliphatic rings. The van der Waals surface area contributed by atoms with E-state index in [0.29, 0.717) is 42.1 Å². The molecule has 6 rings (SSSR count). The third-order valence-electron chi connectivity index (χ3n) is 9.76. The first-order chi connectivity index (χ1) is 24.1. The summed E-state index contributed by atoms with van der Waals surface area (Å²) in [6, 6.07) is 10.2. The standard InChI is InChI=1S/C37H41FN6O6/c1-3-24-30(42-36(48)33(24)38)20-50-37-26-17-31(49-2)27(34(39)46)16-25(26)22(18-40-37)9-8-21-12-14-44(15-13-21)19-23-6-4-5-7-28(23)41-29-10-11-32(45)43-35(29)47/h4-7,16-18,21,24,29-30,33,41H,3,10-15,19-20H2,1-2H3,(H2,39,46)(H,42,48)(H,43,45,47)/t24-,29?,30+,33-/m0/s1. The van der Waals surface area contributed by atoms with Crippen LogP contribution in [0, 0.1) is 23.7 Å². The third-order valence-corrected chi connectivity index (χ3v) is 9.76. The van der Waals surface area contributed by atoms with Crippen molar-refractivity contribution in [2.24, 2.45) is 17.6 Å². The second-order valence-corrected chi connectivity index (χ2v) is 13.0. The van der Waals surface area contributed by atoms with Gasteiger partial charge in [0.25, 0.3) is 11.8 Å². The molecule has 3 fully saturated rings. The summed E-state index contributed by atoms with van der Waals surface area (Å²) < 4.78 is 25.9. The van der Waals surface area contributed by atoms with Crippen molar-refractivity contribution < 1.29 is 33.0 Å². The van der Waals surface area contributed by atoms with Crippen LogP contribution in [0.3, 0.4) is 0 Å². The Morgan fingerprint density at radius 3 is 2.62 bits per heavy atom. The van der Waals surface area contributed by atoms with Gasteiger partial charge in [-0.15, -0.1) is 0 Å². The van der Waals surface area contributed by atoms with Crippen molar-refractivity contribution in [2.75, 3.05) is 32.1 Å². The van der Waals surface area contributed by atoms with E-state index in [1.807, 2.05) is 31.2 Å². The van der Waals surface area contributed by atoms with Crippen LogP contribution < -0.4 is 31.2 Å². The number of hydrogen-bond donors (Lipinski definition) is 4. The number of anilines is 1. The fraction of sp³-hybridized carbons (Fsp3) is 0.432. The van der Waals surface area contributed by atoms with Gasteiger partial charge in [-0.1, -0.05) is 37.0 Å². The Morgan fingerprint density at radius 1 is 1.12 bits per heavy atom. The molecular formula is C37H41FN6O6. The lowest BCUT2D eigenvalue weighted by atomic mass is 9.96. The quantitative estimate of drug-likeness (QED) is 0.186. The highest BCUT2D eigenvalue weighted by atomic mass is 19.1. The monoisotopic (exact) mass is 684 g/mol. The smallest absolute Gasteiger partial charge is 0.255 e. The van der Waals surface area contributed by atoms with Crippen LogP contribution in [0.2, 0.25) is 0 Å². The molecule has 1 aromatic heterocycles. The van der Waals surface area contributed by atoms with Gasteiger partial charge >= 0.3 is 0 Å². The number of halogens is 1. The highest BCUT2D eigenvalue weighted by Crippen LogP contribution is 2.34. The van der Waals surface area contributed by atoms with Crippen LogP contribution in [-0.2, 0) is 20.9 Å².